The summed E-state index contributed by atoms with van der Waals surface area (Å²) in [6.45, 7) is 3.45. The summed E-state index contributed by atoms with van der Waals surface area (Å²) in [6, 6.07) is 9.69. The number of hydrogen-bond acceptors (Lipinski definition) is 4. The zero-order chi connectivity index (χ0) is 15.5. The van der Waals surface area contributed by atoms with Crippen molar-refractivity contribution < 1.29 is 4.79 Å². The highest BCUT2D eigenvalue weighted by Gasteiger charge is 2.33. The molecule has 2 N–H and O–H groups in total. The van der Waals surface area contributed by atoms with Gasteiger partial charge in [-0.25, -0.2) is 4.68 Å². The summed E-state index contributed by atoms with van der Waals surface area (Å²) in [4.78, 5) is 14.3. The topological polar surface area (TPSA) is 77.0 Å². The number of benzene rings is 1. The number of carbonyl (C=O) groups is 1. The molecule has 0 saturated carbocycles. The van der Waals surface area contributed by atoms with Crippen LogP contribution < -0.4 is 5.73 Å². The van der Waals surface area contributed by atoms with Crippen molar-refractivity contribution in [3.63, 3.8) is 0 Å². The standard InChI is InChI=1S/C16H21N5O/c1-2-6-12-9-20(10-14(12)17)16(22)15-11-21(19-18-15)13-7-4-3-5-8-13/h3-5,7-8,11-12,14H,2,6,9-10,17H2,1H3/t12-,14-/m0/s1. The first kappa shape index (κ1) is 14.7. The molecule has 0 bridgehead atoms. The van der Waals surface area contributed by atoms with Gasteiger partial charge in [0.05, 0.1) is 11.9 Å². The first-order valence-corrected chi connectivity index (χ1v) is 7.71. The van der Waals surface area contributed by atoms with Crippen LogP contribution in [0.1, 0.15) is 30.3 Å². The molecule has 6 heteroatoms. The van der Waals surface area contributed by atoms with E-state index in [1.54, 1.807) is 15.8 Å². The number of nitrogens with two attached hydrogens (primary N) is 1. The Hall–Kier alpha value is -2.21. The summed E-state index contributed by atoms with van der Waals surface area (Å²) < 4.78 is 1.62. The van der Waals surface area contributed by atoms with E-state index in [0.29, 0.717) is 24.7 Å². The Morgan fingerprint density at radius 1 is 1.32 bits per heavy atom. The minimum atomic E-state index is -0.0868. The monoisotopic (exact) mass is 299 g/mol. The van der Waals surface area contributed by atoms with E-state index < -0.39 is 0 Å². The van der Waals surface area contributed by atoms with Crippen LogP contribution in [0.3, 0.4) is 0 Å². The third-order valence-electron chi connectivity index (χ3n) is 4.17. The molecule has 2 atom stereocenters. The summed E-state index contributed by atoms with van der Waals surface area (Å²) in [5.74, 6) is 0.300. The molecule has 1 saturated heterocycles. The molecule has 1 aliphatic heterocycles. The Labute approximate surface area is 129 Å². The molecule has 0 radical (unpaired) electrons. The van der Waals surface area contributed by atoms with E-state index in [0.717, 1.165) is 18.5 Å². The molecule has 3 rings (SSSR count). The van der Waals surface area contributed by atoms with Crippen LogP contribution in [0.25, 0.3) is 5.69 Å². The van der Waals surface area contributed by atoms with Crippen LogP contribution in [0.5, 0.6) is 0 Å². The lowest BCUT2D eigenvalue weighted by molar-refractivity contribution is 0.0779. The summed E-state index contributed by atoms with van der Waals surface area (Å²) in [7, 11) is 0. The Bertz CT molecular complexity index is 639. The lowest BCUT2D eigenvalue weighted by Crippen LogP contribution is -2.32. The predicted molar refractivity (Wildman–Crippen MR) is 83.6 cm³/mol. The Balaban J connectivity index is 1.73. The first-order chi connectivity index (χ1) is 10.7. The van der Waals surface area contributed by atoms with E-state index >= 15 is 0 Å². The van der Waals surface area contributed by atoms with E-state index in [9.17, 15) is 4.79 Å². The molecule has 1 amide bonds. The van der Waals surface area contributed by atoms with E-state index in [1.807, 2.05) is 30.3 Å². The van der Waals surface area contributed by atoms with Gasteiger partial charge in [-0.05, 0) is 24.5 Å². The maximum atomic E-state index is 12.5. The Morgan fingerprint density at radius 3 is 2.82 bits per heavy atom. The minimum Gasteiger partial charge on any atom is -0.335 e. The van der Waals surface area contributed by atoms with Gasteiger partial charge in [-0.1, -0.05) is 36.8 Å². The molecule has 0 unspecified atom stereocenters. The van der Waals surface area contributed by atoms with Gasteiger partial charge >= 0.3 is 0 Å². The van der Waals surface area contributed by atoms with E-state index in [2.05, 4.69) is 17.2 Å². The molecular weight excluding hydrogens is 278 g/mol. The van der Waals surface area contributed by atoms with Gasteiger partial charge in [0, 0.05) is 19.1 Å². The molecule has 1 aromatic carbocycles. The van der Waals surface area contributed by atoms with E-state index in [4.69, 9.17) is 5.73 Å². The largest absolute Gasteiger partial charge is 0.335 e. The smallest absolute Gasteiger partial charge is 0.276 e. The number of para-hydroxylation sites is 1. The maximum absolute atomic E-state index is 12.5. The number of likely N-dealkylation sites (tertiary alicyclic amines) is 1. The van der Waals surface area contributed by atoms with Crippen molar-refractivity contribution in [1.29, 1.82) is 0 Å². The van der Waals surface area contributed by atoms with Gasteiger partial charge in [-0.3, -0.25) is 4.79 Å². The van der Waals surface area contributed by atoms with Crippen molar-refractivity contribution in [2.24, 2.45) is 11.7 Å². The summed E-state index contributed by atoms with van der Waals surface area (Å²) >= 11 is 0. The van der Waals surface area contributed by atoms with Crippen molar-refractivity contribution >= 4 is 5.91 Å². The fourth-order valence-corrected chi connectivity index (χ4v) is 2.97. The van der Waals surface area contributed by atoms with Crippen LogP contribution in [0, 0.1) is 5.92 Å². The van der Waals surface area contributed by atoms with Crippen molar-refractivity contribution in [2.75, 3.05) is 13.1 Å². The second-order valence-corrected chi connectivity index (χ2v) is 5.81. The molecular formula is C16H21N5O. The van der Waals surface area contributed by atoms with Crippen molar-refractivity contribution in [3.05, 3.63) is 42.2 Å². The van der Waals surface area contributed by atoms with Crippen LogP contribution in [0.15, 0.2) is 36.5 Å². The molecule has 1 aliphatic rings. The molecule has 2 aromatic rings. The summed E-state index contributed by atoms with van der Waals surface area (Å²) in [5, 5.41) is 8.06. The molecule has 2 heterocycles. The average Bonchev–Trinajstić information content (AvgIpc) is 3.16. The lowest BCUT2D eigenvalue weighted by atomic mass is 9.99. The first-order valence-electron chi connectivity index (χ1n) is 7.71. The van der Waals surface area contributed by atoms with Crippen molar-refractivity contribution in [3.8, 4) is 5.69 Å². The number of aromatic nitrogens is 3. The average molecular weight is 299 g/mol. The molecule has 116 valence electrons. The summed E-state index contributed by atoms with van der Waals surface area (Å²) in [5.41, 5.74) is 7.39. The third kappa shape index (κ3) is 2.87. The molecule has 6 nitrogen and oxygen atoms in total. The van der Waals surface area contributed by atoms with Crippen LogP contribution in [0.2, 0.25) is 0 Å². The number of carbonyl (C=O) groups excluding carboxylic acids is 1. The van der Waals surface area contributed by atoms with Gasteiger partial charge in [-0.2, -0.15) is 0 Å². The van der Waals surface area contributed by atoms with Gasteiger partial charge < -0.3 is 10.6 Å². The zero-order valence-corrected chi connectivity index (χ0v) is 12.7. The molecule has 0 aliphatic carbocycles. The molecule has 0 spiro atoms. The quantitative estimate of drug-likeness (QED) is 0.927. The zero-order valence-electron chi connectivity index (χ0n) is 12.7. The fraction of sp³-hybridized carbons (Fsp3) is 0.438. The fourth-order valence-electron chi connectivity index (χ4n) is 2.97. The highest BCUT2D eigenvalue weighted by molar-refractivity contribution is 5.92. The Kier molecular flexibility index (Phi) is 4.20. The lowest BCUT2D eigenvalue weighted by Gasteiger charge is -2.14. The minimum absolute atomic E-state index is 0.0630. The van der Waals surface area contributed by atoms with Gasteiger partial charge in [-0.15, -0.1) is 5.10 Å². The molecule has 1 fully saturated rings. The predicted octanol–water partition coefficient (Wildman–Crippen LogP) is 1.47. The second kappa shape index (κ2) is 6.27. The van der Waals surface area contributed by atoms with Crippen LogP contribution in [0.4, 0.5) is 0 Å². The number of amides is 1. The van der Waals surface area contributed by atoms with Gasteiger partial charge in [0.2, 0.25) is 0 Å². The maximum Gasteiger partial charge on any atom is 0.276 e. The van der Waals surface area contributed by atoms with Gasteiger partial charge in [0.1, 0.15) is 0 Å². The van der Waals surface area contributed by atoms with Crippen LogP contribution in [-0.4, -0.2) is 44.9 Å². The number of rotatable bonds is 4. The number of nitrogens with zero attached hydrogens (tertiary/aromatic N) is 4. The second-order valence-electron chi connectivity index (χ2n) is 5.81. The van der Waals surface area contributed by atoms with Crippen molar-refractivity contribution in [1.82, 2.24) is 19.9 Å². The normalized spacial score (nSPS) is 21.3. The van der Waals surface area contributed by atoms with Crippen molar-refractivity contribution in [2.45, 2.75) is 25.8 Å². The third-order valence-corrected chi connectivity index (χ3v) is 4.17. The van der Waals surface area contributed by atoms with Gasteiger partial charge in [0.15, 0.2) is 5.69 Å². The summed E-state index contributed by atoms with van der Waals surface area (Å²) in [6.07, 6.45) is 3.82. The van der Waals surface area contributed by atoms with Crippen LogP contribution >= 0.6 is 0 Å². The van der Waals surface area contributed by atoms with Gasteiger partial charge in [0.25, 0.3) is 5.91 Å². The van der Waals surface area contributed by atoms with E-state index in [1.165, 1.54) is 0 Å². The van der Waals surface area contributed by atoms with Crippen LogP contribution in [-0.2, 0) is 0 Å². The molecule has 22 heavy (non-hydrogen) atoms. The highest BCUT2D eigenvalue weighted by Crippen LogP contribution is 2.21. The SMILES string of the molecule is CCC[C@H]1CN(C(=O)c2cn(-c3ccccc3)nn2)C[C@@H]1N. The van der Waals surface area contributed by atoms with E-state index in [-0.39, 0.29) is 11.9 Å². The number of hydrogen-bond donors (Lipinski definition) is 1. The highest BCUT2D eigenvalue weighted by atomic mass is 16.2. The molecule has 1 aromatic heterocycles. The Morgan fingerprint density at radius 2 is 2.09 bits per heavy atom.